The maximum absolute atomic E-state index is 12.1. The lowest BCUT2D eigenvalue weighted by Crippen LogP contribution is -2.00. The average Bonchev–Trinajstić information content (AvgIpc) is 2.96. The van der Waals surface area contributed by atoms with E-state index in [9.17, 15) is 14.9 Å². The van der Waals surface area contributed by atoms with Gasteiger partial charge in [0.1, 0.15) is 0 Å². The van der Waals surface area contributed by atoms with Crippen LogP contribution in [0.2, 0.25) is 5.02 Å². The molecule has 7 heteroatoms. The Bertz CT molecular complexity index is 750. The number of carbonyl (C=O) groups excluding carboxylic acids is 1. The lowest BCUT2D eigenvalue weighted by atomic mass is 10.1. The summed E-state index contributed by atoms with van der Waals surface area (Å²) in [4.78, 5) is 22.3. The van der Waals surface area contributed by atoms with Gasteiger partial charge >= 0.3 is 0 Å². The number of hydrogen-bond donors (Lipinski definition) is 0. The van der Waals surface area contributed by atoms with Crippen LogP contribution in [-0.4, -0.2) is 20.5 Å². The number of nitrogens with zero attached hydrogens (tertiary/aromatic N) is 3. The van der Waals surface area contributed by atoms with Gasteiger partial charge in [-0.2, -0.15) is 5.10 Å². The second-order valence-corrected chi connectivity index (χ2v) is 5.37. The van der Waals surface area contributed by atoms with Crippen molar-refractivity contribution in [3.63, 3.8) is 0 Å². The fraction of sp³-hybridized carbons (Fsp3) is 0.200. The second kappa shape index (κ2) is 6.53. The van der Waals surface area contributed by atoms with Gasteiger partial charge in [-0.05, 0) is 37.6 Å². The molecule has 0 aliphatic carbocycles. The van der Waals surface area contributed by atoms with E-state index in [1.807, 2.05) is 13.8 Å². The molecular weight excluding hydrogens is 306 g/mol. The van der Waals surface area contributed by atoms with Gasteiger partial charge in [0.05, 0.1) is 16.7 Å². The van der Waals surface area contributed by atoms with Crippen molar-refractivity contribution in [1.29, 1.82) is 0 Å². The maximum atomic E-state index is 12.1. The van der Waals surface area contributed by atoms with Crippen molar-refractivity contribution in [1.82, 2.24) is 9.78 Å². The number of allylic oxidation sites excluding steroid dienone is 1. The Kier molecular flexibility index (Phi) is 4.72. The third kappa shape index (κ3) is 3.59. The highest BCUT2D eigenvalue weighted by Gasteiger charge is 2.10. The molecule has 2 aromatic rings. The third-order valence-electron chi connectivity index (χ3n) is 3.02. The molecule has 0 atom stereocenters. The Balaban J connectivity index is 2.22. The normalized spacial score (nSPS) is 11.3. The first kappa shape index (κ1) is 15.9. The lowest BCUT2D eigenvalue weighted by molar-refractivity contribution is -0.384. The SMILES string of the molecule is CC(C)n1cc(C(=O)C=Cc2cc([N+](=O)[O-])ccc2Cl)cn1. The maximum Gasteiger partial charge on any atom is 0.270 e. The highest BCUT2D eigenvalue weighted by Crippen LogP contribution is 2.23. The summed E-state index contributed by atoms with van der Waals surface area (Å²) in [5, 5.41) is 15.2. The smallest absolute Gasteiger partial charge is 0.270 e. The number of hydrogen-bond acceptors (Lipinski definition) is 4. The van der Waals surface area contributed by atoms with Gasteiger partial charge in [0.2, 0.25) is 0 Å². The van der Waals surface area contributed by atoms with E-state index in [1.165, 1.54) is 36.5 Å². The number of non-ortho nitro benzene ring substituents is 1. The fourth-order valence-electron chi connectivity index (χ4n) is 1.78. The van der Waals surface area contributed by atoms with Crippen molar-refractivity contribution in [3.05, 3.63) is 62.9 Å². The molecule has 1 aromatic carbocycles. The highest BCUT2D eigenvalue weighted by atomic mass is 35.5. The van der Waals surface area contributed by atoms with Crippen LogP contribution in [0.15, 0.2) is 36.7 Å². The number of aromatic nitrogens is 2. The average molecular weight is 320 g/mol. The van der Waals surface area contributed by atoms with Gasteiger partial charge in [0.25, 0.3) is 5.69 Å². The first-order chi connectivity index (χ1) is 10.4. The standard InChI is InChI=1S/C15H14ClN3O3/c1-10(2)18-9-12(8-17-18)15(20)6-3-11-7-13(19(21)22)4-5-14(11)16/h3-10H,1-2H3. The number of halogens is 1. The highest BCUT2D eigenvalue weighted by molar-refractivity contribution is 6.32. The number of benzene rings is 1. The van der Waals surface area contributed by atoms with E-state index >= 15 is 0 Å². The number of ketones is 1. The van der Waals surface area contributed by atoms with Gasteiger partial charge in [0, 0.05) is 29.4 Å². The van der Waals surface area contributed by atoms with E-state index < -0.39 is 4.92 Å². The first-order valence-corrected chi connectivity index (χ1v) is 6.97. The van der Waals surface area contributed by atoms with E-state index in [1.54, 1.807) is 10.9 Å². The van der Waals surface area contributed by atoms with Crippen LogP contribution in [0.3, 0.4) is 0 Å². The minimum atomic E-state index is -0.512. The zero-order chi connectivity index (χ0) is 16.3. The molecule has 0 radical (unpaired) electrons. The van der Waals surface area contributed by atoms with E-state index in [2.05, 4.69) is 5.10 Å². The molecular formula is C15H14ClN3O3. The van der Waals surface area contributed by atoms with Crippen molar-refractivity contribution in [3.8, 4) is 0 Å². The van der Waals surface area contributed by atoms with Crippen molar-refractivity contribution in [2.45, 2.75) is 19.9 Å². The molecule has 0 spiro atoms. The van der Waals surface area contributed by atoms with Gasteiger partial charge in [-0.1, -0.05) is 11.6 Å². The summed E-state index contributed by atoms with van der Waals surface area (Å²) in [5.74, 6) is -0.241. The van der Waals surface area contributed by atoms with Gasteiger partial charge < -0.3 is 0 Å². The van der Waals surface area contributed by atoms with Gasteiger partial charge in [-0.3, -0.25) is 19.6 Å². The second-order valence-electron chi connectivity index (χ2n) is 4.96. The number of nitro groups is 1. The summed E-state index contributed by atoms with van der Waals surface area (Å²) in [6, 6.07) is 4.23. The monoisotopic (exact) mass is 319 g/mol. The quantitative estimate of drug-likeness (QED) is 0.362. The largest absolute Gasteiger partial charge is 0.289 e. The van der Waals surface area contributed by atoms with Crippen LogP contribution in [0.4, 0.5) is 5.69 Å². The molecule has 2 rings (SSSR count). The first-order valence-electron chi connectivity index (χ1n) is 6.59. The van der Waals surface area contributed by atoms with Crippen LogP contribution >= 0.6 is 11.6 Å². The Hall–Kier alpha value is -2.47. The molecule has 0 unspecified atom stereocenters. The molecule has 0 saturated carbocycles. The molecule has 0 amide bonds. The van der Waals surface area contributed by atoms with Gasteiger partial charge in [0.15, 0.2) is 5.78 Å². The molecule has 114 valence electrons. The predicted molar refractivity (Wildman–Crippen MR) is 84.1 cm³/mol. The molecule has 1 aromatic heterocycles. The molecule has 0 aliphatic rings. The topological polar surface area (TPSA) is 78.0 Å². The van der Waals surface area contributed by atoms with Crippen molar-refractivity contribution >= 4 is 29.1 Å². The zero-order valence-corrected chi connectivity index (χ0v) is 12.8. The molecule has 6 nitrogen and oxygen atoms in total. The Morgan fingerprint density at radius 2 is 2.18 bits per heavy atom. The molecule has 0 fully saturated rings. The van der Waals surface area contributed by atoms with Gasteiger partial charge in [-0.15, -0.1) is 0 Å². The molecule has 0 bridgehead atoms. The van der Waals surface area contributed by atoms with Crippen LogP contribution in [0.1, 0.15) is 35.8 Å². The minimum Gasteiger partial charge on any atom is -0.289 e. The molecule has 22 heavy (non-hydrogen) atoms. The van der Waals surface area contributed by atoms with Crippen LogP contribution in [0.25, 0.3) is 6.08 Å². The summed E-state index contributed by atoms with van der Waals surface area (Å²) >= 11 is 5.97. The summed E-state index contributed by atoms with van der Waals surface area (Å²) in [6.07, 6.45) is 5.94. The molecule has 1 heterocycles. The van der Waals surface area contributed by atoms with Crippen LogP contribution in [0, 0.1) is 10.1 Å². The van der Waals surface area contributed by atoms with Gasteiger partial charge in [-0.25, -0.2) is 0 Å². The van der Waals surface area contributed by atoms with E-state index in [0.717, 1.165) is 0 Å². The Morgan fingerprint density at radius 1 is 1.45 bits per heavy atom. The van der Waals surface area contributed by atoms with Crippen LogP contribution in [0.5, 0.6) is 0 Å². The van der Waals surface area contributed by atoms with Crippen molar-refractivity contribution < 1.29 is 9.72 Å². The Labute approximate surface area is 132 Å². The zero-order valence-electron chi connectivity index (χ0n) is 12.1. The summed E-state index contributed by atoms with van der Waals surface area (Å²) in [5.41, 5.74) is 0.788. The number of carbonyl (C=O) groups is 1. The van der Waals surface area contributed by atoms with Crippen molar-refractivity contribution in [2.24, 2.45) is 0 Å². The third-order valence-corrected chi connectivity index (χ3v) is 3.36. The van der Waals surface area contributed by atoms with Crippen molar-refractivity contribution in [2.75, 3.05) is 0 Å². The van der Waals surface area contributed by atoms with E-state index in [0.29, 0.717) is 16.1 Å². The van der Waals surface area contributed by atoms with Crippen LogP contribution in [-0.2, 0) is 0 Å². The molecule has 0 saturated heterocycles. The fourth-order valence-corrected chi connectivity index (χ4v) is 1.96. The summed E-state index contributed by atoms with van der Waals surface area (Å²) < 4.78 is 1.68. The van der Waals surface area contributed by atoms with E-state index in [-0.39, 0.29) is 17.5 Å². The number of nitro benzene ring substituents is 1. The lowest BCUT2D eigenvalue weighted by Gasteiger charge is -2.02. The van der Waals surface area contributed by atoms with E-state index in [4.69, 9.17) is 11.6 Å². The molecule has 0 N–H and O–H groups in total. The summed E-state index contributed by atoms with van der Waals surface area (Å²) in [7, 11) is 0. The molecule has 0 aliphatic heterocycles. The number of rotatable bonds is 5. The van der Waals surface area contributed by atoms with Crippen LogP contribution < -0.4 is 0 Å². The predicted octanol–water partition coefficient (Wildman–Crippen LogP) is 3.92. The minimum absolute atomic E-state index is 0.0795. The summed E-state index contributed by atoms with van der Waals surface area (Å²) in [6.45, 7) is 3.92. The Morgan fingerprint density at radius 3 is 2.77 bits per heavy atom.